The molecular weight excluding hydrogens is 368 g/mol. The molecule has 0 aliphatic heterocycles. The van der Waals surface area contributed by atoms with E-state index in [-0.39, 0.29) is 5.91 Å². The maximum absolute atomic E-state index is 12.2. The van der Waals surface area contributed by atoms with Crippen molar-refractivity contribution in [3.05, 3.63) is 71.1 Å². The summed E-state index contributed by atoms with van der Waals surface area (Å²) in [5, 5.41) is 3.45. The van der Waals surface area contributed by atoms with E-state index in [2.05, 4.69) is 17.2 Å². The highest BCUT2D eigenvalue weighted by Gasteiger charge is 2.10. The van der Waals surface area contributed by atoms with Crippen LogP contribution in [0.25, 0.3) is 17.3 Å². The number of nitrogens with one attached hydrogen (secondary N) is 1. The van der Waals surface area contributed by atoms with Gasteiger partial charge in [0, 0.05) is 16.5 Å². The molecule has 0 unspecified atom stereocenters. The van der Waals surface area contributed by atoms with Crippen LogP contribution in [0, 0.1) is 6.92 Å². The van der Waals surface area contributed by atoms with Gasteiger partial charge in [-0.2, -0.15) is 0 Å². The second-order valence-corrected chi connectivity index (χ2v) is 7.59. The van der Waals surface area contributed by atoms with E-state index in [1.54, 1.807) is 6.08 Å². The van der Waals surface area contributed by atoms with Crippen LogP contribution in [-0.4, -0.2) is 17.5 Å². The quantitative estimate of drug-likeness (QED) is 0.381. The van der Waals surface area contributed by atoms with Crippen molar-refractivity contribution < 1.29 is 9.53 Å². The monoisotopic (exact) mass is 392 g/mol. The van der Waals surface area contributed by atoms with Crippen LogP contribution in [-0.2, 0) is 4.79 Å². The molecule has 0 aliphatic carbocycles. The van der Waals surface area contributed by atoms with E-state index in [0.29, 0.717) is 5.13 Å². The van der Waals surface area contributed by atoms with E-state index in [1.807, 2.05) is 61.5 Å². The van der Waals surface area contributed by atoms with Crippen LogP contribution in [0.1, 0.15) is 30.2 Å². The van der Waals surface area contributed by atoms with Crippen LogP contribution in [0.3, 0.4) is 0 Å². The highest BCUT2D eigenvalue weighted by atomic mass is 32.1. The van der Waals surface area contributed by atoms with Gasteiger partial charge in [0.05, 0.1) is 12.3 Å². The van der Waals surface area contributed by atoms with Gasteiger partial charge >= 0.3 is 0 Å². The summed E-state index contributed by atoms with van der Waals surface area (Å²) < 4.78 is 5.65. The summed E-state index contributed by atoms with van der Waals surface area (Å²) in [4.78, 5) is 17.9. The Labute approximate surface area is 169 Å². The van der Waals surface area contributed by atoms with E-state index in [4.69, 9.17) is 4.74 Å². The molecule has 3 rings (SSSR count). The fourth-order valence-electron chi connectivity index (χ4n) is 2.64. The van der Waals surface area contributed by atoms with Crippen molar-refractivity contribution in [1.82, 2.24) is 4.98 Å². The van der Waals surface area contributed by atoms with E-state index in [9.17, 15) is 4.79 Å². The molecule has 3 aromatic rings. The van der Waals surface area contributed by atoms with E-state index >= 15 is 0 Å². The van der Waals surface area contributed by atoms with Crippen LogP contribution in [0.5, 0.6) is 5.75 Å². The van der Waals surface area contributed by atoms with Gasteiger partial charge in [-0.15, -0.1) is 11.3 Å². The minimum Gasteiger partial charge on any atom is -0.494 e. The van der Waals surface area contributed by atoms with Gasteiger partial charge in [-0.25, -0.2) is 4.98 Å². The number of ether oxygens (including phenoxy) is 1. The second-order valence-electron chi connectivity index (χ2n) is 6.38. The van der Waals surface area contributed by atoms with Gasteiger partial charge in [-0.05, 0) is 37.1 Å². The summed E-state index contributed by atoms with van der Waals surface area (Å²) in [6.45, 7) is 4.87. The normalized spacial score (nSPS) is 10.9. The highest BCUT2D eigenvalue weighted by molar-refractivity contribution is 7.16. The SMILES string of the molecule is CCCCOc1ccc(C=CC(=O)Nc2nc(-c3ccccc3)c(C)s2)cc1. The molecular formula is C23H24N2O2S. The van der Waals surface area contributed by atoms with E-state index < -0.39 is 0 Å². The molecule has 144 valence electrons. The Balaban J connectivity index is 1.58. The first kappa shape index (κ1) is 19.8. The van der Waals surface area contributed by atoms with Crippen molar-refractivity contribution in [3.8, 4) is 17.0 Å². The molecule has 0 saturated heterocycles. The highest BCUT2D eigenvalue weighted by Crippen LogP contribution is 2.30. The van der Waals surface area contributed by atoms with Crippen molar-refractivity contribution >= 4 is 28.5 Å². The number of hydrogen-bond donors (Lipinski definition) is 1. The van der Waals surface area contributed by atoms with Crippen molar-refractivity contribution in [3.63, 3.8) is 0 Å². The number of hydrogen-bond acceptors (Lipinski definition) is 4. The van der Waals surface area contributed by atoms with Crippen molar-refractivity contribution in [2.24, 2.45) is 0 Å². The number of aromatic nitrogens is 1. The van der Waals surface area contributed by atoms with Crippen molar-refractivity contribution in [2.75, 3.05) is 11.9 Å². The Kier molecular flexibility index (Phi) is 6.98. The van der Waals surface area contributed by atoms with Gasteiger partial charge in [0.2, 0.25) is 5.91 Å². The molecule has 28 heavy (non-hydrogen) atoms. The molecule has 0 spiro atoms. The predicted octanol–water partition coefficient (Wildman–Crippen LogP) is 5.95. The van der Waals surface area contributed by atoms with Crippen LogP contribution >= 0.6 is 11.3 Å². The zero-order valence-electron chi connectivity index (χ0n) is 16.1. The summed E-state index contributed by atoms with van der Waals surface area (Å²) in [5.74, 6) is 0.651. The molecule has 0 aliphatic rings. The number of thiazole rings is 1. The Morgan fingerprint density at radius 3 is 2.61 bits per heavy atom. The Bertz CT molecular complexity index is 931. The van der Waals surface area contributed by atoms with Crippen molar-refractivity contribution in [1.29, 1.82) is 0 Å². The third-order valence-electron chi connectivity index (χ3n) is 4.15. The lowest BCUT2D eigenvalue weighted by atomic mass is 10.1. The molecule has 0 bridgehead atoms. The fraction of sp³-hybridized carbons (Fsp3) is 0.217. The maximum Gasteiger partial charge on any atom is 0.250 e. The van der Waals surface area contributed by atoms with Gasteiger partial charge < -0.3 is 4.74 Å². The van der Waals surface area contributed by atoms with Gasteiger partial charge in [0.25, 0.3) is 0 Å². The first-order valence-electron chi connectivity index (χ1n) is 9.40. The zero-order chi connectivity index (χ0) is 19.8. The molecule has 0 radical (unpaired) electrons. The number of rotatable bonds is 8. The molecule has 0 atom stereocenters. The average molecular weight is 393 g/mol. The summed E-state index contributed by atoms with van der Waals surface area (Å²) in [7, 11) is 0. The maximum atomic E-state index is 12.2. The number of aryl methyl sites for hydroxylation is 1. The lowest BCUT2D eigenvalue weighted by molar-refractivity contribution is -0.111. The number of benzene rings is 2. The van der Waals surface area contributed by atoms with Gasteiger partial charge in [0.15, 0.2) is 5.13 Å². The van der Waals surface area contributed by atoms with Crippen LogP contribution in [0.2, 0.25) is 0 Å². The summed E-state index contributed by atoms with van der Waals surface area (Å²) in [6.07, 6.45) is 5.46. The minimum absolute atomic E-state index is 0.198. The summed E-state index contributed by atoms with van der Waals surface area (Å²) in [6, 6.07) is 17.7. The Morgan fingerprint density at radius 2 is 1.89 bits per heavy atom. The van der Waals surface area contributed by atoms with Crippen LogP contribution < -0.4 is 10.1 Å². The summed E-state index contributed by atoms with van der Waals surface area (Å²) in [5.41, 5.74) is 2.90. The lowest BCUT2D eigenvalue weighted by Gasteiger charge is -2.05. The van der Waals surface area contributed by atoms with Gasteiger partial charge in [-0.3, -0.25) is 10.1 Å². The fourth-order valence-corrected chi connectivity index (χ4v) is 3.48. The van der Waals surface area contributed by atoms with Gasteiger partial charge in [0.1, 0.15) is 5.75 Å². The molecule has 4 nitrogen and oxygen atoms in total. The molecule has 1 aromatic heterocycles. The van der Waals surface area contributed by atoms with Gasteiger partial charge in [-0.1, -0.05) is 55.8 Å². The third kappa shape index (κ3) is 5.54. The summed E-state index contributed by atoms with van der Waals surface area (Å²) >= 11 is 1.48. The first-order valence-corrected chi connectivity index (χ1v) is 10.2. The average Bonchev–Trinajstić information content (AvgIpc) is 3.08. The second kappa shape index (κ2) is 9.85. The Morgan fingerprint density at radius 1 is 1.14 bits per heavy atom. The first-order chi connectivity index (χ1) is 13.7. The molecule has 5 heteroatoms. The third-order valence-corrected chi connectivity index (χ3v) is 5.03. The van der Waals surface area contributed by atoms with E-state index in [0.717, 1.165) is 46.9 Å². The number of nitrogens with zero attached hydrogens (tertiary/aromatic N) is 1. The molecule has 1 N–H and O–H groups in total. The molecule has 1 heterocycles. The largest absolute Gasteiger partial charge is 0.494 e. The molecule has 2 aromatic carbocycles. The van der Waals surface area contributed by atoms with E-state index in [1.165, 1.54) is 17.4 Å². The number of carbonyl (C=O) groups is 1. The van der Waals surface area contributed by atoms with Crippen molar-refractivity contribution in [2.45, 2.75) is 26.7 Å². The lowest BCUT2D eigenvalue weighted by Crippen LogP contribution is -2.07. The number of unbranched alkanes of at least 4 members (excludes halogenated alkanes) is 1. The predicted molar refractivity (Wildman–Crippen MR) is 117 cm³/mol. The number of anilines is 1. The minimum atomic E-state index is -0.198. The van der Waals surface area contributed by atoms with Crippen LogP contribution in [0.4, 0.5) is 5.13 Å². The number of carbonyl (C=O) groups excluding carboxylic acids is 1. The molecule has 0 saturated carbocycles. The Hall–Kier alpha value is -2.92. The topological polar surface area (TPSA) is 51.2 Å². The standard InChI is InChI=1S/C23H24N2O2S/c1-3-4-16-27-20-13-10-18(11-14-20)12-15-21(26)24-23-25-22(17(2)28-23)19-8-6-5-7-9-19/h5-15H,3-4,16H2,1-2H3,(H,24,25,26). The zero-order valence-corrected chi connectivity index (χ0v) is 17.0. The smallest absolute Gasteiger partial charge is 0.250 e. The van der Waals surface area contributed by atoms with Crippen LogP contribution in [0.15, 0.2) is 60.7 Å². The molecule has 1 amide bonds. The number of amides is 1. The molecule has 0 fully saturated rings.